The molecule has 1 heterocycles. The highest BCUT2D eigenvalue weighted by molar-refractivity contribution is 5.85. The van der Waals surface area contributed by atoms with Crippen LogP contribution in [0.1, 0.15) is 31.7 Å². The van der Waals surface area contributed by atoms with Crippen LogP contribution in [0.15, 0.2) is 24.3 Å². The number of likely N-dealkylation sites (tertiary alicyclic amines) is 1. The molecular weight excluding hydrogens is 373 g/mol. The summed E-state index contributed by atoms with van der Waals surface area (Å²) in [6.45, 7) is 3.60. The van der Waals surface area contributed by atoms with Gasteiger partial charge in [0.2, 0.25) is 5.91 Å². The van der Waals surface area contributed by atoms with E-state index in [-0.39, 0.29) is 49.3 Å². The molecule has 2 atom stereocenters. The van der Waals surface area contributed by atoms with Crippen molar-refractivity contribution in [2.75, 3.05) is 26.7 Å². The minimum Gasteiger partial charge on any atom is -0.480 e. The first kappa shape index (κ1) is 23.3. The minimum atomic E-state index is -0.825. The van der Waals surface area contributed by atoms with Crippen molar-refractivity contribution in [3.05, 3.63) is 35.6 Å². The fraction of sp³-hybridized carbons (Fsp3) is 0.579. The average Bonchev–Trinajstić information content (AvgIpc) is 2.85. The Morgan fingerprint density at radius 2 is 2.04 bits per heavy atom. The highest BCUT2D eigenvalue weighted by Gasteiger charge is 2.26. The Morgan fingerprint density at radius 1 is 1.33 bits per heavy atom. The van der Waals surface area contributed by atoms with E-state index in [0.717, 1.165) is 32.4 Å². The summed E-state index contributed by atoms with van der Waals surface area (Å²) in [5.41, 5.74) is 0.472. The maximum Gasteiger partial charge on any atom is 0.317 e. The summed E-state index contributed by atoms with van der Waals surface area (Å²) in [4.78, 5) is 27.3. The monoisotopic (exact) mass is 401 g/mol. The summed E-state index contributed by atoms with van der Waals surface area (Å²) in [5, 5.41) is 11.7. The molecule has 0 radical (unpaired) electrons. The third kappa shape index (κ3) is 7.08. The molecule has 1 aromatic rings. The van der Waals surface area contributed by atoms with Gasteiger partial charge in [0.15, 0.2) is 0 Å². The van der Waals surface area contributed by atoms with E-state index in [1.54, 1.807) is 18.2 Å². The number of halogens is 2. The van der Waals surface area contributed by atoms with E-state index < -0.39 is 5.97 Å². The van der Waals surface area contributed by atoms with Crippen molar-refractivity contribution in [2.24, 2.45) is 0 Å². The number of carbonyl (C=O) groups excluding carboxylic acids is 1. The van der Waals surface area contributed by atoms with Crippen LogP contribution in [-0.4, -0.2) is 65.5 Å². The maximum absolute atomic E-state index is 13.7. The molecule has 0 saturated carbocycles. The first-order valence-electron chi connectivity index (χ1n) is 9.05. The van der Waals surface area contributed by atoms with Crippen LogP contribution in [0.2, 0.25) is 0 Å². The smallest absolute Gasteiger partial charge is 0.317 e. The largest absolute Gasteiger partial charge is 0.480 e. The molecule has 0 spiro atoms. The van der Waals surface area contributed by atoms with Gasteiger partial charge in [-0.15, -0.1) is 12.4 Å². The molecule has 1 aliphatic rings. The Bertz CT molecular complexity index is 632. The van der Waals surface area contributed by atoms with E-state index in [9.17, 15) is 14.0 Å². The molecular formula is C19H29ClFN3O3. The number of hydrogen-bond acceptors (Lipinski definition) is 4. The SMILES string of the molecule is CC(C(=O)NCc1ccccc1F)N1CCCC(N(C)CC(=O)O)CC1.Cl. The van der Waals surface area contributed by atoms with Gasteiger partial charge in [-0.1, -0.05) is 18.2 Å². The van der Waals surface area contributed by atoms with E-state index in [1.807, 2.05) is 18.9 Å². The van der Waals surface area contributed by atoms with Crippen molar-refractivity contribution in [1.29, 1.82) is 0 Å². The van der Waals surface area contributed by atoms with Crippen LogP contribution in [-0.2, 0) is 16.1 Å². The van der Waals surface area contributed by atoms with Gasteiger partial charge >= 0.3 is 5.97 Å². The van der Waals surface area contributed by atoms with Gasteiger partial charge in [-0.3, -0.25) is 19.4 Å². The number of carboxylic acids is 1. The molecule has 0 aromatic heterocycles. The molecule has 1 saturated heterocycles. The van der Waals surface area contributed by atoms with Crippen LogP contribution >= 0.6 is 12.4 Å². The molecule has 1 fully saturated rings. The van der Waals surface area contributed by atoms with Crippen molar-refractivity contribution in [2.45, 2.75) is 44.8 Å². The molecule has 1 aliphatic heterocycles. The van der Waals surface area contributed by atoms with Gasteiger partial charge in [-0.05, 0) is 45.8 Å². The van der Waals surface area contributed by atoms with Crippen molar-refractivity contribution >= 4 is 24.3 Å². The number of carbonyl (C=O) groups is 2. The van der Waals surface area contributed by atoms with Gasteiger partial charge in [-0.25, -0.2) is 4.39 Å². The van der Waals surface area contributed by atoms with E-state index in [1.165, 1.54) is 6.07 Å². The predicted molar refractivity (Wildman–Crippen MR) is 104 cm³/mol. The second-order valence-corrected chi connectivity index (χ2v) is 6.91. The number of nitrogens with zero attached hydrogens (tertiary/aromatic N) is 2. The van der Waals surface area contributed by atoms with E-state index >= 15 is 0 Å². The number of benzene rings is 1. The van der Waals surface area contributed by atoms with E-state index in [0.29, 0.717) is 5.56 Å². The standard InChI is InChI=1S/C19H28FN3O3.ClH/c1-14(19(26)21-12-15-6-3-4-8-17(15)20)23-10-5-7-16(9-11-23)22(2)13-18(24)25;/h3-4,6,8,14,16H,5,7,9-13H2,1-2H3,(H,21,26)(H,24,25);1H. The molecule has 8 heteroatoms. The number of amides is 1. The molecule has 2 N–H and O–H groups in total. The topological polar surface area (TPSA) is 72.9 Å². The van der Waals surface area contributed by atoms with Gasteiger partial charge in [0.05, 0.1) is 12.6 Å². The van der Waals surface area contributed by atoms with Crippen molar-refractivity contribution in [1.82, 2.24) is 15.1 Å². The highest BCUT2D eigenvalue weighted by atomic mass is 35.5. The van der Waals surface area contributed by atoms with Crippen LogP contribution in [0.4, 0.5) is 4.39 Å². The van der Waals surface area contributed by atoms with Crippen LogP contribution in [0.25, 0.3) is 0 Å². The third-order valence-electron chi connectivity index (χ3n) is 5.08. The minimum absolute atomic E-state index is 0. The summed E-state index contributed by atoms with van der Waals surface area (Å²) in [5.74, 6) is -1.26. The Labute approximate surface area is 166 Å². The lowest BCUT2D eigenvalue weighted by Gasteiger charge is -2.28. The van der Waals surface area contributed by atoms with Gasteiger partial charge in [0.25, 0.3) is 0 Å². The summed E-state index contributed by atoms with van der Waals surface area (Å²) in [6, 6.07) is 6.33. The molecule has 1 aromatic carbocycles. The number of likely N-dealkylation sites (N-methyl/N-ethyl adjacent to an activating group) is 1. The second-order valence-electron chi connectivity index (χ2n) is 6.91. The Morgan fingerprint density at radius 3 is 2.70 bits per heavy atom. The first-order chi connectivity index (χ1) is 12.4. The summed E-state index contributed by atoms with van der Waals surface area (Å²) < 4.78 is 13.7. The fourth-order valence-corrected chi connectivity index (χ4v) is 3.41. The number of aliphatic carboxylic acids is 1. The van der Waals surface area contributed by atoms with Crippen LogP contribution < -0.4 is 5.32 Å². The lowest BCUT2D eigenvalue weighted by atomic mass is 10.1. The fourth-order valence-electron chi connectivity index (χ4n) is 3.41. The van der Waals surface area contributed by atoms with Gasteiger partial charge in [0.1, 0.15) is 5.82 Å². The number of rotatable bonds is 7. The molecule has 6 nitrogen and oxygen atoms in total. The van der Waals surface area contributed by atoms with Gasteiger partial charge in [0, 0.05) is 24.7 Å². The zero-order chi connectivity index (χ0) is 19.1. The molecule has 27 heavy (non-hydrogen) atoms. The lowest BCUT2D eigenvalue weighted by Crippen LogP contribution is -2.45. The zero-order valence-corrected chi connectivity index (χ0v) is 16.7. The summed E-state index contributed by atoms with van der Waals surface area (Å²) >= 11 is 0. The molecule has 1 amide bonds. The predicted octanol–water partition coefficient (Wildman–Crippen LogP) is 2.12. The first-order valence-corrected chi connectivity index (χ1v) is 9.05. The van der Waals surface area contributed by atoms with E-state index in [4.69, 9.17) is 5.11 Å². The molecule has 2 rings (SSSR count). The normalized spacial score (nSPS) is 19.0. The van der Waals surface area contributed by atoms with Crippen LogP contribution in [0.5, 0.6) is 0 Å². The second kappa shape index (κ2) is 11.2. The maximum atomic E-state index is 13.7. The molecule has 152 valence electrons. The quantitative estimate of drug-likeness (QED) is 0.732. The Hall–Kier alpha value is -1.70. The summed E-state index contributed by atoms with van der Waals surface area (Å²) in [7, 11) is 1.83. The van der Waals surface area contributed by atoms with Gasteiger partial charge < -0.3 is 10.4 Å². The molecule has 0 bridgehead atoms. The van der Waals surface area contributed by atoms with Crippen LogP contribution in [0, 0.1) is 5.82 Å². The van der Waals surface area contributed by atoms with Crippen molar-refractivity contribution in [3.8, 4) is 0 Å². The van der Waals surface area contributed by atoms with Crippen LogP contribution in [0.3, 0.4) is 0 Å². The Balaban J connectivity index is 0.00000364. The lowest BCUT2D eigenvalue weighted by molar-refractivity contribution is -0.138. The molecule has 0 aliphatic carbocycles. The average molecular weight is 402 g/mol. The molecule has 2 unspecified atom stereocenters. The van der Waals surface area contributed by atoms with Crippen molar-refractivity contribution in [3.63, 3.8) is 0 Å². The zero-order valence-electron chi connectivity index (χ0n) is 15.9. The van der Waals surface area contributed by atoms with Crippen molar-refractivity contribution < 1.29 is 19.1 Å². The van der Waals surface area contributed by atoms with Gasteiger partial charge in [-0.2, -0.15) is 0 Å². The number of nitrogens with one attached hydrogen (secondary N) is 1. The Kier molecular flexibility index (Phi) is 9.69. The summed E-state index contributed by atoms with van der Waals surface area (Å²) in [6.07, 6.45) is 2.66. The van der Waals surface area contributed by atoms with E-state index in [2.05, 4.69) is 10.2 Å². The number of hydrogen-bond donors (Lipinski definition) is 2. The number of carboxylic acid groups (broad SMARTS) is 1. The highest BCUT2D eigenvalue weighted by Crippen LogP contribution is 2.17. The third-order valence-corrected chi connectivity index (χ3v) is 5.08.